The molecule has 0 aliphatic rings. The molecule has 5 heteroatoms. The first-order chi connectivity index (χ1) is 9.83. The number of hydrogen-bond donors (Lipinski definition) is 1. The van der Waals surface area contributed by atoms with Crippen molar-refractivity contribution in [1.82, 2.24) is 0 Å². The van der Waals surface area contributed by atoms with Crippen molar-refractivity contribution >= 4 is 15.5 Å². The Labute approximate surface area is 124 Å². The van der Waals surface area contributed by atoms with Crippen LogP contribution in [0.25, 0.3) is 0 Å². The molecule has 0 aliphatic carbocycles. The molecular weight excluding hydrogens is 284 g/mol. The second-order valence-corrected chi connectivity index (χ2v) is 7.01. The van der Waals surface area contributed by atoms with Crippen molar-refractivity contribution in [1.29, 1.82) is 5.26 Å². The summed E-state index contributed by atoms with van der Waals surface area (Å²) >= 11 is 0. The molecular formula is C16H16N2O2S. The maximum Gasteiger partial charge on any atom is 0.184 e. The van der Waals surface area contributed by atoms with Crippen LogP contribution in [0.4, 0.5) is 5.69 Å². The largest absolute Gasteiger partial charge is 0.398 e. The highest BCUT2D eigenvalue weighted by molar-refractivity contribution is 7.90. The van der Waals surface area contributed by atoms with Gasteiger partial charge in [-0.15, -0.1) is 0 Å². The zero-order chi connectivity index (χ0) is 15.6. The van der Waals surface area contributed by atoms with Gasteiger partial charge in [-0.3, -0.25) is 0 Å². The normalized spacial score (nSPS) is 11.1. The zero-order valence-corrected chi connectivity index (χ0v) is 12.7. The van der Waals surface area contributed by atoms with Crippen LogP contribution in [0, 0.1) is 25.2 Å². The third-order valence-corrected chi connectivity index (χ3v) is 5.05. The van der Waals surface area contributed by atoms with Gasteiger partial charge >= 0.3 is 0 Å². The van der Waals surface area contributed by atoms with Crippen LogP contribution in [-0.2, 0) is 15.6 Å². The molecule has 2 aromatic carbocycles. The fourth-order valence-corrected chi connectivity index (χ4v) is 3.74. The SMILES string of the molecule is Cc1ccc(S(=O)(=O)Cc2ccc(C#N)cc2C)c(N)c1. The summed E-state index contributed by atoms with van der Waals surface area (Å²) in [6.45, 7) is 3.65. The Morgan fingerprint density at radius 3 is 2.43 bits per heavy atom. The number of nitrogen functional groups attached to an aromatic ring is 1. The highest BCUT2D eigenvalue weighted by atomic mass is 32.2. The van der Waals surface area contributed by atoms with Crippen LogP contribution in [0.3, 0.4) is 0 Å². The first kappa shape index (κ1) is 15.1. The number of benzene rings is 2. The number of nitriles is 1. The van der Waals surface area contributed by atoms with Gasteiger partial charge in [-0.2, -0.15) is 5.26 Å². The van der Waals surface area contributed by atoms with Gasteiger partial charge in [0.05, 0.1) is 28.0 Å². The first-order valence-electron chi connectivity index (χ1n) is 6.42. The number of rotatable bonds is 3. The van der Waals surface area contributed by atoms with E-state index in [1.54, 1.807) is 43.3 Å². The van der Waals surface area contributed by atoms with Gasteiger partial charge in [0.2, 0.25) is 0 Å². The molecule has 0 spiro atoms. The summed E-state index contributed by atoms with van der Waals surface area (Å²) in [5.74, 6) is -0.127. The molecule has 108 valence electrons. The average Bonchev–Trinajstić information content (AvgIpc) is 2.40. The van der Waals surface area contributed by atoms with E-state index in [4.69, 9.17) is 11.0 Å². The van der Waals surface area contributed by atoms with Gasteiger partial charge in [0.25, 0.3) is 0 Å². The molecule has 0 unspecified atom stereocenters. The summed E-state index contributed by atoms with van der Waals surface area (Å²) in [4.78, 5) is 0.150. The van der Waals surface area contributed by atoms with Crippen molar-refractivity contribution in [3.8, 4) is 6.07 Å². The molecule has 0 atom stereocenters. The van der Waals surface area contributed by atoms with Gasteiger partial charge in [-0.1, -0.05) is 12.1 Å². The maximum absolute atomic E-state index is 12.5. The monoisotopic (exact) mass is 300 g/mol. The van der Waals surface area contributed by atoms with Gasteiger partial charge in [-0.05, 0) is 54.8 Å². The van der Waals surface area contributed by atoms with Crippen LogP contribution in [-0.4, -0.2) is 8.42 Å². The van der Waals surface area contributed by atoms with E-state index in [1.807, 2.05) is 13.0 Å². The van der Waals surface area contributed by atoms with E-state index < -0.39 is 9.84 Å². The topological polar surface area (TPSA) is 84.0 Å². The minimum absolute atomic E-state index is 0.127. The molecule has 0 saturated heterocycles. The van der Waals surface area contributed by atoms with Crippen molar-refractivity contribution in [2.24, 2.45) is 0 Å². The molecule has 21 heavy (non-hydrogen) atoms. The van der Waals surface area contributed by atoms with E-state index in [-0.39, 0.29) is 16.3 Å². The minimum Gasteiger partial charge on any atom is -0.398 e. The number of nitrogens with two attached hydrogens (primary N) is 1. The molecule has 0 fully saturated rings. The zero-order valence-electron chi connectivity index (χ0n) is 11.9. The Hall–Kier alpha value is -2.32. The summed E-state index contributed by atoms with van der Waals surface area (Å²) in [5.41, 5.74) is 8.98. The van der Waals surface area contributed by atoms with Crippen LogP contribution in [0.1, 0.15) is 22.3 Å². The Morgan fingerprint density at radius 2 is 1.86 bits per heavy atom. The van der Waals surface area contributed by atoms with Crippen molar-refractivity contribution in [3.05, 3.63) is 58.7 Å². The second-order valence-electron chi connectivity index (χ2n) is 5.05. The third-order valence-electron chi connectivity index (χ3n) is 3.32. The van der Waals surface area contributed by atoms with Crippen molar-refractivity contribution < 1.29 is 8.42 Å². The quantitative estimate of drug-likeness (QED) is 0.883. The number of hydrogen-bond acceptors (Lipinski definition) is 4. The number of sulfone groups is 1. The first-order valence-corrected chi connectivity index (χ1v) is 8.07. The fourth-order valence-electron chi connectivity index (χ4n) is 2.16. The van der Waals surface area contributed by atoms with E-state index in [2.05, 4.69) is 0 Å². The molecule has 2 aromatic rings. The molecule has 0 aromatic heterocycles. The molecule has 0 saturated carbocycles. The van der Waals surface area contributed by atoms with Crippen LogP contribution >= 0.6 is 0 Å². The molecule has 2 N–H and O–H groups in total. The second kappa shape index (κ2) is 5.58. The lowest BCUT2D eigenvalue weighted by Crippen LogP contribution is -2.09. The highest BCUT2D eigenvalue weighted by Crippen LogP contribution is 2.24. The smallest absolute Gasteiger partial charge is 0.184 e. The molecule has 0 bridgehead atoms. The van der Waals surface area contributed by atoms with E-state index in [1.165, 1.54) is 0 Å². The number of aryl methyl sites for hydroxylation is 2. The highest BCUT2D eigenvalue weighted by Gasteiger charge is 2.19. The number of nitrogens with zero attached hydrogens (tertiary/aromatic N) is 1. The van der Waals surface area contributed by atoms with Crippen LogP contribution in [0.5, 0.6) is 0 Å². The predicted molar refractivity (Wildman–Crippen MR) is 82.4 cm³/mol. The van der Waals surface area contributed by atoms with Crippen molar-refractivity contribution in [3.63, 3.8) is 0 Å². The Balaban J connectivity index is 2.40. The summed E-state index contributed by atoms with van der Waals surface area (Å²) in [7, 11) is -3.51. The molecule has 4 nitrogen and oxygen atoms in total. The van der Waals surface area contributed by atoms with Gasteiger partial charge in [-0.25, -0.2) is 8.42 Å². The lowest BCUT2D eigenvalue weighted by Gasteiger charge is -2.10. The van der Waals surface area contributed by atoms with E-state index in [0.29, 0.717) is 11.1 Å². The lowest BCUT2D eigenvalue weighted by molar-refractivity contribution is 0.595. The molecule has 2 rings (SSSR count). The summed E-state index contributed by atoms with van der Waals surface area (Å²) in [6.07, 6.45) is 0. The average molecular weight is 300 g/mol. The minimum atomic E-state index is -3.51. The van der Waals surface area contributed by atoms with Crippen LogP contribution < -0.4 is 5.73 Å². The number of anilines is 1. The van der Waals surface area contributed by atoms with Gasteiger partial charge < -0.3 is 5.73 Å². The van der Waals surface area contributed by atoms with E-state index >= 15 is 0 Å². The Bertz CT molecular complexity index is 834. The van der Waals surface area contributed by atoms with Gasteiger partial charge in [0.15, 0.2) is 9.84 Å². The van der Waals surface area contributed by atoms with Gasteiger partial charge in [0.1, 0.15) is 0 Å². The summed E-state index contributed by atoms with van der Waals surface area (Å²) in [6, 6.07) is 11.9. The van der Waals surface area contributed by atoms with E-state index in [9.17, 15) is 8.42 Å². The maximum atomic E-state index is 12.5. The standard InChI is InChI=1S/C16H16N2O2S/c1-11-3-6-16(15(18)7-11)21(19,20)10-14-5-4-13(9-17)8-12(14)2/h3-8H,10,18H2,1-2H3. The van der Waals surface area contributed by atoms with Gasteiger partial charge in [0, 0.05) is 0 Å². The fraction of sp³-hybridized carbons (Fsp3) is 0.188. The Morgan fingerprint density at radius 1 is 1.14 bits per heavy atom. The molecule has 0 radical (unpaired) electrons. The third kappa shape index (κ3) is 3.23. The van der Waals surface area contributed by atoms with E-state index in [0.717, 1.165) is 11.1 Å². The van der Waals surface area contributed by atoms with Crippen LogP contribution in [0.2, 0.25) is 0 Å². The molecule has 0 aliphatic heterocycles. The van der Waals surface area contributed by atoms with Crippen molar-refractivity contribution in [2.45, 2.75) is 24.5 Å². The summed E-state index contributed by atoms with van der Waals surface area (Å²) < 4.78 is 25.0. The summed E-state index contributed by atoms with van der Waals surface area (Å²) in [5, 5.41) is 8.84. The lowest BCUT2D eigenvalue weighted by atomic mass is 10.1. The molecule has 0 amide bonds. The van der Waals surface area contributed by atoms with Crippen molar-refractivity contribution in [2.75, 3.05) is 5.73 Å². The Kier molecular flexibility index (Phi) is 4.01. The predicted octanol–water partition coefficient (Wildman–Crippen LogP) is 2.73. The molecule has 0 heterocycles. The van der Waals surface area contributed by atoms with Crippen LogP contribution in [0.15, 0.2) is 41.3 Å².